The van der Waals surface area contributed by atoms with Gasteiger partial charge in [0.1, 0.15) is 23.7 Å². The highest BCUT2D eigenvalue weighted by Crippen LogP contribution is 2.41. The van der Waals surface area contributed by atoms with Gasteiger partial charge in [0.05, 0.1) is 34.5 Å². The van der Waals surface area contributed by atoms with Gasteiger partial charge in [-0.3, -0.25) is 4.90 Å². The molecule has 0 aliphatic carbocycles. The van der Waals surface area contributed by atoms with Gasteiger partial charge < -0.3 is 14.7 Å². The number of hydrogen-bond donors (Lipinski definition) is 1. The number of halogens is 2. The van der Waals surface area contributed by atoms with E-state index < -0.39 is 0 Å². The van der Waals surface area contributed by atoms with Crippen LogP contribution in [-0.2, 0) is 17.9 Å². The second kappa shape index (κ2) is 13.4. The molecule has 1 aliphatic heterocycles. The molecule has 1 fully saturated rings. The molecule has 3 heterocycles. The summed E-state index contributed by atoms with van der Waals surface area (Å²) >= 11 is 15.1. The third kappa shape index (κ3) is 6.66. The molecule has 5 aromatic rings. The molecule has 11 heteroatoms. The second-order valence-electron chi connectivity index (χ2n) is 10.00. The van der Waals surface area contributed by atoms with Crippen molar-refractivity contribution in [1.29, 1.82) is 0 Å². The molecule has 3 aromatic carbocycles. The van der Waals surface area contributed by atoms with Crippen molar-refractivity contribution in [3.63, 3.8) is 0 Å². The summed E-state index contributed by atoms with van der Waals surface area (Å²) in [6.07, 6.45) is 3.58. The third-order valence-electron chi connectivity index (χ3n) is 7.10. The standard InChI is InChI=1S/C32H29Cl2N5O3S/c1-43-32-35-11-10-27(36-32)29-30(23-8-5-9-24(18-23)42-20-21-6-3-2-4-7-21)39(40)31(37-29)28-25(33)16-22(17-26(28)34)19-38-12-14-41-15-13-38/h2-11,16-18,40H,12-15,19-20H2,1H3. The predicted molar refractivity (Wildman–Crippen MR) is 170 cm³/mol. The molecule has 6 rings (SSSR count). The maximum absolute atomic E-state index is 11.7. The predicted octanol–water partition coefficient (Wildman–Crippen LogP) is 7.35. The zero-order chi connectivity index (χ0) is 29.8. The first-order chi connectivity index (χ1) is 21.0. The summed E-state index contributed by atoms with van der Waals surface area (Å²) < 4.78 is 12.6. The number of morpholine rings is 1. The number of imidazole rings is 1. The number of nitrogens with zero attached hydrogens (tertiary/aromatic N) is 5. The van der Waals surface area contributed by atoms with Crippen LogP contribution in [0, 0.1) is 0 Å². The lowest BCUT2D eigenvalue weighted by molar-refractivity contribution is 0.0342. The van der Waals surface area contributed by atoms with Gasteiger partial charge in [-0.25, -0.2) is 15.0 Å². The zero-order valence-electron chi connectivity index (χ0n) is 23.4. The fraction of sp³-hybridized carbons (Fsp3) is 0.219. The molecule has 43 heavy (non-hydrogen) atoms. The summed E-state index contributed by atoms with van der Waals surface area (Å²) in [5, 5.41) is 13.1. The van der Waals surface area contributed by atoms with E-state index >= 15 is 0 Å². The monoisotopic (exact) mass is 633 g/mol. The van der Waals surface area contributed by atoms with E-state index in [1.165, 1.54) is 11.8 Å². The zero-order valence-corrected chi connectivity index (χ0v) is 25.7. The molecule has 220 valence electrons. The van der Waals surface area contributed by atoms with Gasteiger partial charge in [-0.1, -0.05) is 77.4 Å². The summed E-state index contributed by atoms with van der Waals surface area (Å²) in [5.41, 5.74) is 4.57. The lowest BCUT2D eigenvalue weighted by Gasteiger charge is -2.26. The summed E-state index contributed by atoms with van der Waals surface area (Å²) in [6.45, 7) is 4.19. The Kier molecular flexibility index (Phi) is 9.16. The Morgan fingerprint density at radius 1 is 0.930 bits per heavy atom. The van der Waals surface area contributed by atoms with Crippen molar-refractivity contribution in [1.82, 2.24) is 24.6 Å². The second-order valence-corrected chi connectivity index (χ2v) is 11.6. The van der Waals surface area contributed by atoms with E-state index in [9.17, 15) is 5.21 Å². The van der Waals surface area contributed by atoms with E-state index in [2.05, 4.69) is 14.9 Å². The molecule has 1 N–H and O–H groups in total. The molecule has 0 bridgehead atoms. The van der Waals surface area contributed by atoms with Crippen LogP contribution in [0.25, 0.3) is 34.0 Å². The molecule has 0 spiro atoms. The van der Waals surface area contributed by atoms with Crippen molar-refractivity contribution in [2.24, 2.45) is 0 Å². The minimum atomic E-state index is 0.206. The van der Waals surface area contributed by atoms with Crippen LogP contribution in [0.1, 0.15) is 11.1 Å². The molecule has 0 unspecified atom stereocenters. The van der Waals surface area contributed by atoms with E-state index in [-0.39, 0.29) is 5.82 Å². The average molecular weight is 635 g/mol. The smallest absolute Gasteiger partial charge is 0.187 e. The van der Waals surface area contributed by atoms with Crippen LogP contribution in [0.3, 0.4) is 0 Å². The molecule has 1 aliphatic rings. The van der Waals surface area contributed by atoms with E-state index in [1.807, 2.05) is 73.0 Å². The van der Waals surface area contributed by atoms with Crippen LogP contribution in [-0.4, -0.2) is 62.3 Å². The van der Waals surface area contributed by atoms with Gasteiger partial charge in [-0.15, -0.1) is 0 Å². The van der Waals surface area contributed by atoms with Crippen molar-refractivity contribution in [2.75, 3.05) is 32.6 Å². The fourth-order valence-electron chi connectivity index (χ4n) is 5.00. The van der Waals surface area contributed by atoms with E-state index in [0.29, 0.717) is 75.5 Å². The molecule has 0 radical (unpaired) electrons. The minimum absolute atomic E-state index is 0.206. The van der Waals surface area contributed by atoms with Crippen LogP contribution >= 0.6 is 35.0 Å². The summed E-state index contributed by atoms with van der Waals surface area (Å²) in [6, 6.07) is 23.0. The number of benzene rings is 3. The summed E-state index contributed by atoms with van der Waals surface area (Å²) in [5.74, 6) is 0.851. The van der Waals surface area contributed by atoms with Gasteiger partial charge >= 0.3 is 0 Å². The molecule has 1 saturated heterocycles. The molecule has 0 amide bonds. The van der Waals surface area contributed by atoms with Crippen molar-refractivity contribution in [2.45, 2.75) is 18.3 Å². The number of thioether (sulfide) groups is 1. The van der Waals surface area contributed by atoms with Crippen molar-refractivity contribution in [3.05, 3.63) is 100 Å². The first-order valence-corrected chi connectivity index (χ1v) is 15.7. The Balaban J connectivity index is 1.41. The Labute approximate surface area is 264 Å². The highest BCUT2D eigenvalue weighted by atomic mass is 35.5. The highest BCUT2D eigenvalue weighted by Gasteiger charge is 2.26. The van der Waals surface area contributed by atoms with E-state index in [0.717, 1.165) is 28.9 Å². The van der Waals surface area contributed by atoms with Crippen LogP contribution in [0.2, 0.25) is 10.0 Å². The minimum Gasteiger partial charge on any atom is -0.489 e. The molecule has 2 aromatic heterocycles. The number of ether oxygens (including phenoxy) is 2. The first kappa shape index (κ1) is 29.5. The van der Waals surface area contributed by atoms with Crippen molar-refractivity contribution >= 4 is 35.0 Å². The SMILES string of the molecule is CSc1nccc(-c2nc(-c3c(Cl)cc(CN4CCOCC4)cc3Cl)n(O)c2-c2cccc(OCc3ccccc3)c2)n1. The van der Waals surface area contributed by atoms with Gasteiger partial charge in [0.2, 0.25) is 0 Å². The maximum Gasteiger partial charge on any atom is 0.187 e. The van der Waals surface area contributed by atoms with E-state index in [1.54, 1.807) is 12.3 Å². The van der Waals surface area contributed by atoms with Gasteiger partial charge in [-0.05, 0) is 47.7 Å². The number of rotatable bonds is 9. The molecular weight excluding hydrogens is 605 g/mol. The van der Waals surface area contributed by atoms with E-state index in [4.69, 9.17) is 37.7 Å². The average Bonchev–Trinajstić information content (AvgIpc) is 3.37. The number of aromatic nitrogens is 4. The molecule has 0 atom stereocenters. The Morgan fingerprint density at radius 3 is 2.44 bits per heavy atom. The van der Waals surface area contributed by atoms with Crippen LogP contribution < -0.4 is 4.74 Å². The van der Waals surface area contributed by atoms with Gasteiger partial charge in [0.25, 0.3) is 0 Å². The largest absolute Gasteiger partial charge is 0.489 e. The Morgan fingerprint density at radius 2 is 1.70 bits per heavy atom. The van der Waals surface area contributed by atoms with Crippen LogP contribution in [0.5, 0.6) is 5.75 Å². The lowest BCUT2D eigenvalue weighted by Crippen LogP contribution is -2.35. The quantitative estimate of drug-likeness (QED) is 0.102. The third-order valence-corrected chi connectivity index (χ3v) is 8.26. The first-order valence-electron chi connectivity index (χ1n) is 13.7. The van der Waals surface area contributed by atoms with Gasteiger partial charge in [0, 0.05) is 31.4 Å². The summed E-state index contributed by atoms with van der Waals surface area (Å²) in [4.78, 5) is 16.1. The molecule has 8 nitrogen and oxygen atoms in total. The van der Waals surface area contributed by atoms with Gasteiger partial charge in [-0.2, -0.15) is 4.73 Å². The fourth-order valence-corrected chi connectivity index (χ4v) is 6.06. The summed E-state index contributed by atoms with van der Waals surface area (Å²) in [7, 11) is 0. The highest BCUT2D eigenvalue weighted by molar-refractivity contribution is 7.98. The van der Waals surface area contributed by atoms with Crippen molar-refractivity contribution < 1.29 is 14.7 Å². The van der Waals surface area contributed by atoms with Crippen molar-refractivity contribution in [3.8, 4) is 39.8 Å². The lowest BCUT2D eigenvalue weighted by atomic mass is 10.1. The molecule has 0 saturated carbocycles. The normalized spacial score (nSPS) is 13.7. The maximum atomic E-state index is 11.7. The van der Waals surface area contributed by atoms with Crippen LogP contribution in [0.4, 0.5) is 0 Å². The Bertz CT molecular complexity index is 1700. The van der Waals surface area contributed by atoms with Gasteiger partial charge in [0.15, 0.2) is 11.0 Å². The molecular formula is C32H29Cl2N5O3S. The van der Waals surface area contributed by atoms with Crippen LogP contribution in [0.15, 0.2) is 84.1 Å². The Hall–Kier alpha value is -3.60. The number of hydrogen-bond acceptors (Lipinski definition) is 8. The topological polar surface area (TPSA) is 85.5 Å².